The van der Waals surface area contributed by atoms with E-state index in [2.05, 4.69) is 92.1 Å². The van der Waals surface area contributed by atoms with E-state index < -0.39 is 12.0 Å². The van der Waals surface area contributed by atoms with Crippen molar-refractivity contribution in [2.24, 2.45) is 5.73 Å². The number of hydrogen-bond acceptors (Lipinski definition) is 5. The van der Waals surface area contributed by atoms with Crippen molar-refractivity contribution in [3.05, 3.63) is 72.9 Å². The molecule has 0 saturated heterocycles. The van der Waals surface area contributed by atoms with Gasteiger partial charge in [-0.2, -0.15) is 0 Å². The molecule has 0 aromatic rings. The lowest BCUT2D eigenvalue weighted by Crippen LogP contribution is -2.40. The smallest absolute Gasteiger partial charge is 0.326 e. The number of nitrogens with one attached hydrogen (secondary N) is 1. The lowest BCUT2D eigenvalue weighted by molar-refractivity contribution is -0.150. The fourth-order valence-electron chi connectivity index (χ4n) is 7.41. The number of aliphatic carboxylic acids is 1. The quantitative estimate of drug-likeness (QED) is 0.0319. The second-order valence-electron chi connectivity index (χ2n) is 17.2. The Hall–Kier alpha value is -3.19. The molecule has 0 saturated carbocycles. The Balaban J connectivity index is 4.35. The Bertz CT molecular complexity index is 1200. The molecular weight excluding hydrogens is 769 g/mol. The van der Waals surface area contributed by atoms with Gasteiger partial charge in [-0.05, 0) is 129 Å². The van der Waals surface area contributed by atoms with Crippen LogP contribution in [0.1, 0.15) is 239 Å². The van der Waals surface area contributed by atoms with Gasteiger partial charge in [-0.3, -0.25) is 9.59 Å². The first kappa shape index (κ1) is 58.8. The van der Waals surface area contributed by atoms with Gasteiger partial charge in [0.2, 0.25) is 5.91 Å². The van der Waals surface area contributed by atoms with Crippen molar-refractivity contribution in [2.75, 3.05) is 6.54 Å². The maximum absolute atomic E-state index is 12.9. The third kappa shape index (κ3) is 44.9. The molecule has 7 nitrogen and oxygen atoms in total. The van der Waals surface area contributed by atoms with Crippen molar-refractivity contribution in [3.63, 3.8) is 0 Å². The van der Waals surface area contributed by atoms with Gasteiger partial charge in [0.05, 0.1) is 0 Å². The van der Waals surface area contributed by atoms with Crippen LogP contribution in [0.3, 0.4) is 0 Å². The Labute approximate surface area is 382 Å². The minimum atomic E-state index is -1.01. The van der Waals surface area contributed by atoms with E-state index >= 15 is 0 Å². The summed E-state index contributed by atoms with van der Waals surface area (Å²) in [6, 6.07) is -0.866. The second-order valence-corrected chi connectivity index (χ2v) is 17.2. The van der Waals surface area contributed by atoms with Crippen LogP contribution in [0.5, 0.6) is 0 Å². The summed E-state index contributed by atoms with van der Waals surface area (Å²) in [5.41, 5.74) is 5.50. The number of esters is 1. The predicted octanol–water partition coefficient (Wildman–Crippen LogP) is 15.5. The van der Waals surface area contributed by atoms with Gasteiger partial charge >= 0.3 is 11.9 Å². The maximum atomic E-state index is 12.9. The molecule has 62 heavy (non-hydrogen) atoms. The third-order valence-corrected chi connectivity index (χ3v) is 11.3. The molecule has 7 heteroatoms. The largest absolute Gasteiger partial charge is 0.480 e. The molecule has 2 atom stereocenters. The van der Waals surface area contributed by atoms with E-state index in [1.165, 1.54) is 89.9 Å². The first-order valence-electron chi connectivity index (χ1n) is 25.8. The molecule has 0 heterocycles. The molecule has 0 rings (SSSR count). The molecule has 0 aromatic carbocycles. The number of amides is 1. The van der Waals surface area contributed by atoms with Crippen molar-refractivity contribution in [2.45, 2.75) is 251 Å². The number of allylic oxidation sites excluding steroid dienone is 12. The molecule has 0 aliphatic rings. The van der Waals surface area contributed by atoms with E-state index in [1.807, 2.05) is 0 Å². The summed E-state index contributed by atoms with van der Waals surface area (Å²) >= 11 is 0. The topological polar surface area (TPSA) is 119 Å². The highest BCUT2D eigenvalue weighted by Crippen LogP contribution is 2.18. The highest BCUT2D eigenvalue weighted by Gasteiger charge is 2.19. The van der Waals surface area contributed by atoms with Gasteiger partial charge in [-0.1, -0.05) is 177 Å². The number of carboxylic acids is 1. The Morgan fingerprint density at radius 3 is 1.37 bits per heavy atom. The molecule has 0 radical (unpaired) electrons. The molecule has 0 bridgehead atoms. The summed E-state index contributed by atoms with van der Waals surface area (Å²) in [7, 11) is 0. The SMILES string of the molecule is CC/C=C\C/C=C\C/C=C\C/C=C\CCCCC(CCCCCCCC(=O)NC(CCCN)C(=O)O)OC(=O)CCCCCCCCCCC/C=C\C/C=C\CCCCCCC. The highest BCUT2D eigenvalue weighted by atomic mass is 16.5. The van der Waals surface area contributed by atoms with E-state index in [1.54, 1.807) is 0 Å². The van der Waals surface area contributed by atoms with Crippen LogP contribution in [0.15, 0.2) is 72.9 Å². The lowest BCUT2D eigenvalue weighted by atomic mass is 10.0. The van der Waals surface area contributed by atoms with Crippen LogP contribution < -0.4 is 11.1 Å². The molecule has 0 aliphatic carbocycles. The number of rotatable bonds is 46. The van der Waals surface area contributed by atoms with Gasteiger partial charge in [0.1, 0.15) is 12.1 Å². The summed E-state index contributed by atoms with van der Waals surface area (Å²) in [5.74, 6) is -1.27. The fraction of sp³-hybridized carbons (Fsp3) is 0.727. The predicted molar refractivity (Wildman–Crippen MR) is 266 cm³/mol. The first-order valence-corrected chi connectivity index (χ1v) is 25.8. The zero-order valence-corrected chi connectivity index (χ0v) is 40.2. The molecule has 0 spiro atoms. The van der Waals surface area contributed by atoms with Crippen LogP contribution in [-0.2, 0) is 19.1 Å². The number of carboxylic acid groups (broad SMARTS) is 1. The average molecular weight is 865 g/mol. The molecule has 0 aliphatic heterocycles. The Morgan fingerprint density at radius 1 is 0.484 bits per heavy atom. The number of carbonyl (C=O) groups is 3. The molecule has 356 valence electrons. The zero-order valence-electron chi connectivity index (χ0n) is 40.2. The molecule has 1 amide bonds. The van der Waals surface area contributed by atoms with Crippen molar-refractivity contribution < 1.29 is 24.2 Å². The average Bonchev–Trinajstić information content (AvgIpc) is 3.26. The summed E-state index contributed by atoms with van der Waals surface area (Å²) in [4.78, 5) is 36.6. The van der Waals surface area contributed by atoms with Crippen LogP contribution in [0.25, 0.3) is 0 Å². The van der Waals surface area contributed by atoms with Gasteiger partial charge in [-0.25, -0.2) is 4.79 Å². The van der Waals surface area contributed by atoms with E-state index in [9.17, 15) is 19.5 Å². The van der Waals surface area contributed by atoms with Gasteiger partial charge in [0.15, 0.2) is 0 Å². The number of ether oxygens (including phenoxy) is 1. The summed E-state index contributed by atoms with van der Waals surface area (Å²) in [6.45, 7) is 4.83. The van der Waals surface area contributed by atoms with Gasteiger partial charge < -0.3 is 20.9 Å². The normalized spacial score (nSPS) is 13.2. The van der Waals surface area contributed by atoms with Crippen LogP contribution in [0, 0.1) is 0 Å². The minimum absolute atomic E-state index is 0.0329. The third-order valence-electron chi connectivity index (χ3n) is 11.3. The van der Waals surface area contributed by atoms with Crippen LogP contribution in [0.2, 0.25) is 0 Å². The van der Waals surface area contributed by atoms with Gasteiger partial charge in [-0.15, -0.1) is 0 Å². The number of unbranched alkanes of at least 4 members (excludes halogenated alkanes) is 20. The molecule has 4 N–H and O–H groups in total. The van der Waals surface area contributed by atoms with Crippen molar-refractivity contribution in [3.8, 4) is 0 Å². The van der Waals surface area contributed by atoms with Crippen LogP contribution >= 0.6 is 0 Å². The molecule has 2 unspecified atom stereocenters. The fourth-order valence-corrected chi connectivity index (χ4v) is 7.41. The van der Waals surface area contributed by atoms with E-state index in [0.717, 1.165) is 109 Å². The van der Waals surface area contributed by atoms with Crippen LogP contribution in [-0.4, -0.2) is 41.6 Å². The zero-order chi connectivity index (χ0) is 45.2. The van der Waals surface area contributed by atoms with E-state index in [4.69, 9.17) is 10.5 Å². The number of hydrogen-bond donors (Lipinski definition) is 3. The summed E-state index contributed by atoms with van der Waals surface area (Å²) < 4.78 is 6.06. The summed E-state index contributed by atoms with van der Waals surface area (Å²) in [6.07, 6.45) is 63.9. The van der Waals surface area contributed by atoms with Crippen molar-refractivity contribution in [1.29, 1.82) is 0 Å². The van der Waals surface area contributed by atoms with Crippen molar-refractivity contribution >= 4 is 17.8 Å². The molecule has 0 fully saturated rings. The lowest BCUT2D eigenvalue weighted by Gasteiger charge is -2.18. The van der Waals surface area contributed by atoms with Gasteiger partial charge in [0, 0.05) is 12.8 Å². The number of nitrogens with two attached hydrogens (primary N) is 1. The molecule has 0 aromatic heterocycles. The maximum Gasteiger partial charge on any atom is 0.326 e. The van der Waals surface area contributed by atoms with E-state index in [0.29, 0.717) is 32.2 Å². The number of carbonyl (C=O) groups excluding carboxylic acids is 2. The van der Waals surface area contributed by atoms with E-state index in [-0.39, 0.29) is 18.0 Å². The van der Waals surface area contributed by atoms with Crippen molar-refractivity contribution in [1.82, 2.24) is 5.32 Å². The first-order chi connectivity index (χ1) is 30.4. The monoisotopic (exact) mass is 865 g/mol. The van der Waals surface area contributed by atoms with Gasteiger partial charge in [0.25, 0.3) is 0 Å². The minimum Gasteiger partial charge on any atom is -0.480 e. The van der Waals surface area contributed by atoms with Crippen LogP contribution in [0.4, 0.5) is 0 Å². The standard InChI is InChI=1S/C55H96N2O5/c1-3-5-7-9-11-13-15-17-19-20-21-22-23-24-26-28-30-32-34-39-43-49-54(59)62-51(45-40-36-33-31-29-27-25-18-16-14-12-10-8-6-4-2)46-41-37-35-38-42-48-53(58)57-52(55(60)61)47-44-50-56/h6,8,12,14-15,17-18,20-21,25,29,31,51-52H,3-5,7,9-11,13,16,19,22-24,26-28,30,32-50,56H2,1-2H3,(H,57,58)(H,60,61)/b8-6-,14-12-,17-15-,21-20-,25-18-,31-29-. The molecular formula is C55H96N2O5. The Kier molecular flexibility index (Phi) is 46.3. The Morgan fingerprint density at radius 2 is 0.887 bits per heavy atom. The summed E-state index contributed by atoms with van der Waals surface area (Å²) in [5, 5.41) is 12.0. The second kappa shape index (κ2) is 48.8. The highest BCUT2D eigenvalue weighted by molar-refractivity contribution is 5.83.